The van der Waals surface area contributed by atoms with Crippen LogP contribution in [0.1, 0.15) is 16.1 Å². The van der Waals surface area contributed by atoms with Gasteiger partial charge in [0.1, 0.15) is 17.3 Å². The average molecular weight is 583 g/mol. The monoisotopic (exact) mass is 582 g/mol. The summed E-state index contributed by atoms with van der Waals surface area (Å²) in [6.45, 7) is 1.85. The molecule has 0 aliphatic rings. The maximum atomic E-state index is 13.5. The second-order valence-electron chi connectivity index (χ2n) is 9.10. The molecule has 0 unspecified atom stereocenters. The van der Waals surface area contributed by atoms with Crippen LogP contribution in [0.4, 0.5) is 17.6 Å². The highest BCUT2D eigenvalue weighted by molar-refractivity contribution is 5.92. The molecule has 0 bridgehead atoms. The summed E-state index contributed by atoms with van der Waals surface area (Å²) in [6.07, 6.45) is -3.48. The van der Waals surface area contributed by atoms with Gasteiger partial charge in [0.2, 0.25) is 0 Å². The summed E-state index contributed by atoms with van der Waals surface area (Å²) in [5.74, 6) is -2.48. The molecule has 4 N–H and O–H groups in total. The van der Waals surface area contributed by atoms with E-state index < -0.39 is 12.1 Å². The van der Waals surface area contributed by atoms with Crippen molar-refractivity contribution in [3.05, 3.63) is 96.1 Å². The molecule has 0 spiro atoms. The molecule has 42 heavy (non-hydrogen) atoms. The number of aromatic amines is 1. The summed E-state index contributed by atoms with van der Waals surface area (Å²) in [6, 6.07) is 22.7. The zero-order chi connectivity index (χ0) is 30.3. The zero-order valence-electron chi connectivity index (χ0n) is 22.2. The van der Waals surface area contributed by atoms with E-state index in [4.69, 9.17) is 9.90 Å². The number of amides is 1. The molecule has 0 atom stereocenters. The van der Waals surface area contributed by atoms with Crippen LogP contribution in [0.3, 0.4) is 0 Å². The largest absolute Gasteiger partial charge is 0.490 e. The Labute approximate surface area is 237 Å². The van der Waals surface area contributed by atoms with E-state index in [9.17, 15) is 22.4 Å². The number of carbonyl (C=O) groups excluding carboxylic acids is 1. The lowest BCUT2D eigenvalue weighted by Gasteiger charge is -2.09. The van der Waals surface area contributed by atoms with Gasteiger partial charge < -0.3 is 20.7 Å². The molecule has 0 aliphatic carbocycles. The Balaban J connectivity index is 0.000000517. The number of hydrogen-bond donors (Lipinski definition) is 4. The molecule has 0 radical (unpaired) electrons. The van der Waals surface area contributed by atoms with E-state index in [1.807, 2.05) is 18.2 Å². The second kappa shape index (κ2) is 13.1. The SMILES string of the molecule is Cn1nccc1C(=O)NCCNCc1cccc(-c2cccc(-c3nc4ccc(F)cc4[nH]3)c2)c1.O=C(O)C(F)(F)F. The van der Waals surface area contributed by atoms with Gasteiger partial charge in [0.05, 0.1) is 11.0 Å². The molecule has 0 saturated heterocycles. The first-order chi connectivity index (χ1) is 20.0. The van der Waals surface area contributed by atoms with Crippen molar-refractivity contribution >= 4 is 22.9 Å². The first-order valence-electron chi connectivity index (χ1n) is 12.6. The molecule has 3 aromatic carbocycles. The molecular formula is C29H26F4N6O3. The Bertz CT molecular complexity index is 1700. The van der Waals surface area contributed by atoms with Crippen molar-refractivity contribution in [2.45, 2.75) is 12.7 Å². The van der Waals surface area contributed by atoms with Gasteiger partial charge >= 0.3 is 12.1 Å². The molecule has 218 valence electrons. The second-order valence-corrected chi connectivity index (χ2v) is 9.10. The fourth-order valence-electron chi connectivity index (χ4n) is 4.01. The van der Waals surface area contributed by atoms with Gasteiger partial charge in [-0.3, -0.25) is 9.48 Å². The fourth-order valence-corrected chi connectivity index (χ4v) is 4.01. The third kappa shape index (κ3) is 7.79. The van der Waals surface area contributed by atoms with Gasteiger partial charge in [0.15, 0.2) is 0 Å². The number of aryl methyl sites for hydroxylation is 1. The lowest BCUT2D eigenvalue weighted by molar-refractivity contribution is -0.192. The molecule has 0 saturated carbocycles. The number of carboxylic acids is 1. The number of halogens is 4. The normalized spacial score (nSPS) is 11.2. The molecular weight excluding hydrogens is 556 g/mol. The minimum absolute atomic E-state index is 0.136. The summed E-state index contributed by atoms with van der Waals surface area (Å²) in [5.41, 5.74) is 6.19. The standard InChI is InChI=1S/C27H25FN6O.C2HF3O2/c1-34-25(10-11-31-34)27(35)30-13-12-29-17-18-4-2-5-19(14-18)20-6-3-7-21(15-20)26-32-23-9-8-22(28)16-24(23)33-26;3-2(4,5)1(6)7/h2-11,14-16,29H,12-13,17H2,1H3,(H,30,35)(H,32,33);(H,6,7). The minimum Gasteiger partial charge on any atom is -0.475 e. The van der Waals surface area contributed by atoms with Crippen LogP contribution in [-0.4, -0.2) is 56.0 Å². The zero-order valence-corrected chi connectivity index (χ0v) is 22.2. The molecule has 0 aliphatic heterocycles. The van der Waals surface area contributed by atoms with Gasteiger partial charge in [-0.1, -0.05) is 36.4 Å². The van der Waals surface area contributed by atoms with Crippen LogP contribution in [-0.2, 0) is 18.4 Å². The summed E-state index contributed by atoms with van der Waals surface area (Å²) < 4.78 is 46.8. The topological polar surface area (TPSA) is 125 Å². The van der Waals surface area contributed by atoms with Crippen molar-refractivity contribution in [2.24, 2.45) is 7.05 Å². The number of hydrogen-bond acceptors (Lipinski definition) is 5. The molecule has 13 heteroatoms. The van der Waals surface area contributed by atoms with E-state index in [-0.39, 0.29) is 11.7 Å². The Morgan fingerprint density at radius 2 is 1.64 bits per heavy atom. The van der Waals surface area contributed by atoms with Gasteiger partial charge in [-0.05, 0) is 53.1 Å². The number of nitrogens with one attached hydrogen (secondary N) is 3. The maximum Gasteiger partial charge on any atom is 0.490 e. The van der Waals surface area contributed by atoms with Crippen molar-refractivity contribution in [2.75, 3.05) is 13.1 Å². The Kier molecular flexibility index (Phi) is 9.32. The number of carboxylic acid groups (broad SMARTS) is 1. The third-order valence-corrected chi connectivity index (χ3v) is 6.05. The van der Waals surface area contributed by atoms with Crippen LogP contribution in [0.2, 0.25) is 0 Å². The minimum atomic E-state index is -5.08. The third-order valence-electron chi connectivity index (χ3n) is 6.05. The number of alkyl halides is 3. The average Bonchev–Trinajstić information content (AvgIpc) is 3.58. The van der Waals surface area contributed by atoms with Crippen molar-refractivity contribution in [3.63, 3.8) is 0 Å². The van der Waals surface area contributed by atoms with Crippen LogP contribution in [0.25, 0.3) is 33.5 Å². The van der Waals surface area contributed by atoms with Gasteiger partial charge in [-0.15, -0.1) is 0 Å². The number of aromatic nitrogens is 4. The van der Waals surface area contributed by atoms with E-state index in [1.165, 1.54) is 12.1 Å². The van der Waals surface area contributed by atoms with Gasteiger partial charge in [-0.2, -0.15) is 18.3 Å². The number of benzene rings is 3. The Morgan fingerprint density at radius 1 is 0.952 bits per heavy atom. The first-order valence-corrected chi connectivity index (χ1v) is 12.6. The molecule has 5 aromatic rings. The molecule has 1 amide bonds. The summed E-state index contributed by atoms with van der Waals surface area (Å²) in [4.78, 5) is 28.8. The Morgan fingerprint density at radius 3 is 2.33 bits per heavy atom. The van der Waals surface area contributed by atoms with E-state index in [0.717, 1.165) is 27.8 Å². The number of aliphatic carboxylic acids is 1. The van der Waals surface area contributed by atoms with E-state index >= 15 is 0 Å². The van der Waals surface area contributed by atoms with Crippen LogP contribution in [0.15, 0.2) is 79.0 Å². The summed E-state index contributed by atoms with van der Waals surface area (Å²) in [5, 5.41) is 17.4. The highest BCUT2D eigenvalue weighted by Crippen LogP contribution is 2.27. The Hall–Kier alpha value is -5.04. The summed E-state index contributed by atoms with van der Waals surface area (Å²) >= 11 is 0. The highest BCUT2D eigenvalue weighted by atomic mass is 19.4. The fraction of sp³-hybridized carbons (Fsp3) is 0.172. The maximum absolute atomic E-state index is 13.5. The van der Waals surface area contributed by atoms with Crippen LogP contribution in [0, 0.1) is 5.82 Å². The van der Waals surface area contributed by atoms with E-state index in [1.54, 1.807) is 30.1 Å². The smallest absolute Gasteiger partial charge is 0.475 e. The quantitative estimate of drug-likeness (QED) is 0.152. The van der Waals surface area contributed by atoms with Crippen molar-refractivity contribution < 1.29 is 32.3 Å². The number of carbonyl (C=O) groups is 2. The number of imidazole rings is 1. The lowest BCUT2D eigenvalue weighted by atomic mass is 10.0. The molecule has 2 heterocycles. The van der Waals surface area contributed by atoms with Gasteiger partial charge in [0, 0.05) is 38.4 Å². The van der Waals surface area contributed by atoms with Gasteiger partial charge in [0.25, 0.3) is 5.91 Å². The van der Waals surface area contributed by atoms with Crippen LogP contribution >= 0.6 is 0 Å². The lowest BCUT2D eigenvalue weighted by Crippen LogP contribution is -2.32. The number of fused-ring (bicyclic) bond motifs is 1. The molecule has 5 rings (SSSR count). The van der Waals surface area contributed by atoms with Crippen LogP contribution in [0.5, 0.6) is 0 Å². The number of rotatable bonds is 8. The van der Waals surface area contributed by atoms with Gasteiger partial charge in [-0.25, -0.2) is 14.2 Å². The first kappa shape index (κ1) is 29.9. The molecule has 2 aromatic heterocycles. The van der Waals surface area contributed by atoms with Crippen molar-refractivity contribution in [1.82, 2.24) is 30.4 Å². The predicted octanol–water partition coefficient (Wildman–Crippen LogP) is 4.92. The predicted molar refractivity (Wildman–Crippen MR) is 148 cm³/mol. The number of H-pyrrole nitrogens is 1. The van der Waals surface area contributed by atoms with E-state index in [2.05, 4.69) is 56.0 Å². The van der Waals surface area contributed by atoms with Crippen molar-refractivity contribution in [1.29, 1.82) is 0 Å². The van der Waals surface area contributed by atoms with Crippen molar-refractivity contribution in [3.8, 4) is 22.5 Å². The molecule has 0 fully saturated rings. The van der Waals surface area contributed by atoms with Crippen LogP contribution < -0.4 is 10.6 Å². The van der Waals surface area contributed by atoms with E-state index in [0.29, 0.717) is 36.7 Å². The number of nitrogens with zero attached hydrogens (tertiary/aromatic N) is 3. The molecule has 9 nitrogen and oxygen atoms in total. The highest BCUT2D eigenvalue weighted by Gasteiger charge is 2.38. The summed E-state index contributed by atoms with van der Waals surface area (Å²) in [7, 11) is 1.74.